The van der Waals surface area contributed by atoms with E-state index in [9.17, 15) is 9.18 Å². The molecule has 5 nitrogen and oxygen atoms in total. The van der Waals surface area contributed by atoms with Crippen LogP contribution in [0.5, 0.6) is 5.75 Å². The lowest BCUT2D eigenvalue weighted by Gasteiger charge is -2.16. The zero-order valence-corrected chi connectivity index (χ0v) is 14.9. The Morgan fingerprint density at radius 3 is 2.73 bits per heavy atom. The van der Waals surface area contributed by atoms with Gasteiger partial charge in [-0.15, -0.1) is 0 Å². The maximum atomic E-state index is 13.5. The van der Waals surface area contributed by atoms with Gasteiger partial charge in [0.15, 0.2) is 0 Å². The third-order valence-corrected chi connectivity index (χ3v) is 4.06. The van der Waals surface area contributed by atoms with Gasteiger partial charge in [0.2, 0.25) is 11.7 Å². The van der Waals surface area contributed by atoms with Gasteiger partial charge in [-0.3, -0.25) is 4.79 Å². The Hall–Kier alpha value is -3.15. The highest BCUT2D eigenvalue weighted by atomic mass is 19.1. The second kappa shape index (κ2) is 7.39. The van der Waals surface area contributed by atoms with Crippen LogP contribution >= 0.6 is 0 Å². The van der Waals surface area contributed by atoms with Crippen molar-refractivity contribution in [1.82, 2.24) is 9.55 Å². The highest BCUT2D eigenvalue weighted by molar-refractivity contribution is 5.59. The summed E-state index contributed by atoms with van der Waals surface area (Å²) in [6.07, 6.45) is 1.58. The van der Waals surface area contributed by atoms with Crippen LogP contribution < -0.4 is 15.6 Å². The average Bonchev–Trinajstić information content (AvgIpc) is 2.60. The summed E-state index contributed by atoms with van der Waals surface area (Å²) in [6.45, 7) is 4.31. The van der Waals surface area contributed by atoms with E-state index in [2.05, 4.69) is 10.3 Å². The fourth-order valence-corrected chi connectivity index (χ4v) is 2.66. The molecule has 0 aliphatic heterocycles. The van der Waals surface area contributed by atoms with Crippen molar-refractivity contribution in [2.75, 3.05) is 12.4 Å². The smallest absolute Gasteiger partial charge is 0.316 e. The minimum atomic E-state index is -0.462. The van der Waals surface area contributed by atoms with Crippen molar-refractivity contribution in [3.63, 3.8) is 0 Å². The number of hydrogen-bond donors (Lipinski definition) is 1. The predicted molar refractivity (Wildman–Crippen MR) is 99.7 cm³/mol. The number of benzene rings is 2. The van der Waals surface area contributed by atoms with Crippen molar-refractivity contribution in [1.29, 1.82) is 0 Å². The molecule has 134 valence electrons. The Bertz CT molecular complexity index is 999. The molecule has 2 aromatic carbocycles. The number of aromatic nitrogens is 2. The molecule has 3 aromatic rings. The van der Waals surface area contributed by atoms with Crippen molar-refractivity contribution in [3.8, 4) is 5.75 Å². The number of nitrogens with one attached hydrogen (secondary N) is 1. The number of rotatable bonds is 5. The Kier molecular flexibility index (Phi) is 5.02. The summed E-state index contributed by atoms with van der Waals surface area (Å²) < 4.78 is 20.3. The number of ether oxygens (including phenoxy) is 1. The fourth-order valence-electron chi connectivity index (χ4n) is 2.66. The van der Waals surface area contributed by atoms with Crippen LogP contribution in [-0.4, -0.2) is 16.7 Å². The Morgan fingerprint density at radius 2 is 2.00 bits per heavy atom. The molecule has 26 heavy (non-hydrogen) atoms. The molecule has 1 N–H and O–H groups in total. The van der Waals surface area contributed by atoms with Gasteiger partial charge >= 0.3 is 5.56 Å². The summed E-state index contributed by atoms with van der Waals surface area (Å²) >= 11 is 0. The number of halogens is 1. The molecule has 1 aromatic heterocycles. The van der Waals surface area contributed by atoms with E-state index in [1.807, 2.05) is 38.1 Å². The molecule has 0 bridgehead atoms. The number of methoxy groups -OCH3 is 1. The van der Waals surface area contributed by atoms with Crippen LogP contribution in [0.4, 0.5) is 16.0 Å². The van der Waals surface area contributed by atoms with Crippen LogP contribution in [0.25, 0.3) is 0 Å². The first-order valence-corrected chi connectivity index (χ1v) is 8.20. The summed E-state index contributed by atoms with van der Waals surface area (Å²) in [5.41, 5.74) is 3.26. The fraction of sp³-hybridized carbons (Fsp3) is 0.200. The van der Waals surface area contributed by atoms with Crippen LogP contribution in [0.3, 0.4) is 0 Å². The molecule has 0 saturated heterocycles. The first-order valence-electron chi connectivity index (χ1n) is 8.20. The van der Waals surface area contributed by atoms with E-state index in [0.29, 0.717) is 12.5 Å². The third kappa shape index (κ3) is 3.91. The standard InChI is InChI=1S/C20H20FN3O2/c1-13-7-8-14(2)17(9-13)22-20-23-19(25)18(26-3)12-24(20)11-15-5-4-6-16(21)10-15/h4-10,12H,11H2,1-3H3,(H,22,23,25). The average molecular weight is 353 g/mol. The van der Waals surface area contributed by atoms with E-state index in [1.165, 1.54) is 19.2 Å². The summed E-state index contributed by atoms with van der Waals surface area (Å²) in [4.78, 5) is 16.2. The lowest BCUT2D eigenvalue weighted by Crippen LogP contribution is -2.19. The maximum Gasteiger partial charge on any atom is 0.316 e. The normalized spacial score (nSPS) is 10.6. The number of hydrogen-bond acceptors (Lipinski definition) is 4. The van der Waals surface area contributed by atoms with E-state index in [4.69, 9.17) is 4.74 Å². The molecular weight excluding hydrogens is 333 g/mol. The minimum absolute atomic E-state index is 0.132. The van der Waals surface area contributed by atoms with Crippen molar-refractivity contribution in [2.45, 2.75) is 20.4 Å². The van der Waals surface area contributed by atoms with Gasteiger partial charge in [-0.2, -0.15) is 4.98 Å². The summed E-state index contributed by atoms with van der Waals surface area (Å²) in [5.74, 6) is 0.189. The van der Waals surface area contributed by atoms with Gasteiger partial charge < -0.3 is 14.6 Å². The highest BCUT2D eigenvalue weighted by Gasteiger charge is 2.11. The van der Waals surface area contributed by atoms with Gasteiger partial charge in [-0.25, -0.2) is 4.39 Å². The number of nitrogens with zero attached hydrogens (tertiary/aromatic N) is 2. The maximum absolute atomic E-state index is 13.5. The Labute approximate surface area is 151 Å². The second-order valence-electron chi connectivity index (χ2n) is 6.14. The Morgan fingerprint density at radius 1 is 1.19 bits per heavy atom. The quantitative estimate of drug-likeness (QED) is 0.758. The topological polar surface area (TPSA) is 56.1 Å². The molecule has 0 atom stereocenters. The zero-order valence-electron chi connectivity index (χ0n) is 14.9. The van der Waals surface area contributed by atoms with Gasteiger partial charge in [0.25, 0.3) is 0 Å². The van der Waals surface area contributed by atoms with Crippen LogP contribution in [0.2, 0.25) is 0 Å². The predicted octanol–water partition coefficient (Wildman–Crippen LogP) is 3.80. The van der Waals surface area contributed by atoms with Crippen LogP contribution in [0.15, 0.2) is 53.5 Å². The molecule has 1 heterocycles. The molecule has 6 heteroatoms. The van der Waals surface area contributed by atoms with Gasteiger partial charge in [0.1, 0.15) is 5.82 Å². The van der Waals surface area contributed by atoms with Gasteiger partial charge in [-0.05, 0) is 48.7 Å². The van der Waals surface area contributed by atoms with Crippen molar-refractivity contribution in [2.24, 2.45) is 0 Å². The first-order chi connectivity index (χ1) is 12.5. The molecule has 0 saturated carbocycles. The van der Waals surface area contributed by atoms with E-state index in [0.717, 1.165) is 22.4 Å². The highest BCUT2D eigenvalue weighted by Crippen LogP contribution is 2.22. The van der Waals surface area contributed by atoms with Crippen molar-refractivity contribution in [3.05, 3.63) is 81.5 Å². The van der Waals surface area contributed by atoms with Crippen molar-refractivity contribution < 1.29 is 9.13 Å². The summed E-state index contributed by atoms with van der Waals surface area (Å²) in [5, 5.41) is 3.21. The van der Waals surface area contributed by atoms with Gasteiger partial charge in [0, 0.05) is 5.69 Å². The lowest BCUT2D eigenvalue weighted by molar-refractivity contribution is 0.402. The molecular formula is C20H20FN3O2. The van der Waals surface area contributed by atoms with E-state index < -0.39 is 5.56 Å². The number of aryl methyl sites for hydroxylation is 2. The monoisotopic (exact) mass is 353 g/mol. The SMILES string of the molecule is COc1cn(Cc2cccc(F)c2)c(Nc2cc(C)ccc2C)nc1=O. The van der Waals surface area contributed by atoms with Crippen LogP contribution in [0.1, 0.15) is 16.7 Å². The molecule has 3 rings (SSSR count). The van der Waals surface area contributed by atoms with E-state index in [1.54, 1.807) is 16.8 Å². The largest absolute Gasteiger partial charge is 0.490 e. The molecule has 0 fully saturated rings. The summed E-state index contributed by atoms with van der Waals surface area (Å²) in [6, 6.07) is 12.3. The molecule has 0 aliphatic carbocycles. The van der Waals surface area contributed by atoms with Crippen LogP contribution in [-0.2, 0) is 6.54 Å². The van der Waals surface area contributed by atoms with Crippen molar-refractivity contribution >= 4 is 11.6 Å². The molecule has 0 aliphatic rings. The second-order valence-corrected chi connectivity index (χ2v) is 6.14. The molecule has 0 amide bonds. The first kappa shape index (κ1) is 17.7. The van der Waals surface area contributed by atoms with E-state index >= 15 is 0 Å². The summed E-state index contributed by atoms with van der Waals surface area (Å²) in [7, 11) is 1.42. The number of anilines is 2. The van der Waals surface area contributed by atoms with E-state index in [-0.39, 0.29) is 11.6 Å². The molecule has 0 spiro atoms. The third-order valence-electron chi connectivity index (χ3n) is 4.06. The molecule has 0 unspecified atom stereocenters. The molecule has 0 radical (unpaired) electrons. The van der Waals surface area contributed by atoms with Gasteiger partial charge in [-0.1, -0.05) is 24.3 Å². The van der Waals surface area contributed by atoms with Crippen LogP contribution in [0, 0.1) is 19.7 Å². The Balaban J connectivity index is 2.04. The minimum Gasteiger partial charge on any atom is -0.490 e. The lowest BCUT2D eigenvalue weighted by atomic mass is 10.1. The zero-order chi connectivity index (χ0) is 18.7. The van der Waals surface area contributed by atoms with Gasteiger partial charge in [0.05, 0.1) is 19.9 Å².